The van der Waals surface area contributed by atoms with Gasteiger partial charge >= 0.3 is 39.5 Å². The Morgan fingerprint density at radius 1 is 0.321 bits per heavy atom. The minimum absolute atomic E-state index is 0.105. The molecule has 0 amide bonds. The lowest BCUT2D eigenvalue weighted by Gasteiger charge is -2.21. The Bertz CT molecular complexity index is 1640. The normalized spacial score (nSPS) is 14.2. The van der Waals surface area contributed by atoms with Crippen LogP contribution in [0.2, 0.25) is 0 Å². The molecule has 2 unspecified atom stereocenters. The molecule has 0 spiro atoms. The first-order chi connectivity index (χ1) is 40.5. The molecule has 0 heterocycles. The summed E-state index contributed by atoms with van der Waals surface area (Å²) in [6.07, 6.45) is 43.7. The van der Waals surface area contributed by atoms with Crippen LogP contribution >= 0.6 is 15.6 Å². The molecule has 0 bridgehead atoms. The van der Waals surface area contributed by atoms with E-state index in [9.17, 15) is 43.2 Å². The summed E-state index contributed by atoms with van der Waals surface area (Å²) in [5, 5.41) is 10.5. The van der Waals surface area contributed by atoms with Gasteiger partial charge in [-0.3, -0.25) is 37.3 Å². The fraction of sp³-hybridized carbons (Fsp3) is 0.938. The summed E-state index contributed by atoms with van der Waals surface area (Å²) >= 11 is 0. The van der Waals surface area contributed by atoms with Crippen molar-refractivity contribution in [2.24, 2.45) is 5.92 Å². The van der Waals surface area contributed by atoms with Crippen LogP contribution in [0.5, 0.6) is 0 Å². The summed E-state index contributed by atoms with van der Waals surface area (Å²) in [6.45, 7) is 7.04. The van der Waals surface area contributed by atoms with Gasteiger partial charge in [0.05, 0.1) is 26.4 Å². The maximum absolute atomic E-state index is 13.0. The molecule has 0 aliphatic carbocycles. The summed E-state index contributed by atoms with van der Waals surface area (Å²) in [7, 11) is -9.87. The Kier molecular flexibility index (Phi) is 57.4. The second-order valence-electron chi connectivity index (χ2n) is 24.0. The second-order valence-corrected chi connectivity index (χ2v) is 26.9. The third-order valence-electron chi connectivity index (χ3n) is 15.0. The van der Waals surface area contributed by atoms with Crippen LogP contribution in [0, 0.1) is 5.92 Å². The maximum atomic E-state index is 13.0. The molecule has 0 aromatic carbocycles. The van der Waals surface area contributed by atoms with E-state index in [0.29, 0.717) is 31.6 Å². The lowest BCUT2D eigenvalue weighted by Crippen LogP contribution is -2.30. The molecular weight excluding hydrogens is 1110 g/mol. The predicted octanol–water partition coefficient (Wildman–Crippen LogP) is 18.2. The summed E-state index contributed by atoms with van der Waals surface area (Å²) in [5.74, 6) is -1.44. The molecule has 0 saturated carbocycles. The van der Waals surface area contributed by atoms with Gasteiger partial charge in [-0.2, -0.15) is 0 Å². The number of carbonyl (C=O) groups is 4. The Morgan fingerprint density at radius 3 is 0.810 bits per heavy atom. The first-order valence-corrected chi connectivity index (χ1v) is 37.1. The van der Waals surface area contributed by atoms with Crippen molar-refractivity contribution < 1.29 is 80.2 Å². The Labute approximate surface area is 511 Å². The average molecular weight is 1240 g/mol. The van der Waals surface area contributed by atoms with Crippen molar-refractivity contribution in [1.82, 2.24) is 0 Å². The van der Waals surface area contributed by atoms with Crippen molar-refractivity contribution in [3.63, 3.8) is 0 Å². The van der Waals surface area contributed by atoms with Gasteiger partial charge in [0, 0.05) is 25.7 Å². The zero-order valence-electron chi connectivity index (χ0n) is 54.0. The fourth-order valence-electron chi connectivity index (χ4n) is 9.76. The molecule has 19 heteroatoms. The van der Waals surface area contributed by atoms with E-state index in [-0.39, 0.29) is 25.7 Å². The van der Waals surface area contributed by atoms with Gasteiger partial charge in [0.25, 0.3) is 0 Å². The number of carbonyl (C=O) groups excluding carboxylic acids is 4. The van der Waals surface area contributed by atoms with Gasteiger partial charge in [-0.15, -0.1) is 0 Å². The SMILES string of the molecule is CCCCCCCCCCCCCCCCCCCCCCC(=O)O[C@H](COC(=O)CCCCCCCCCC(C)C)COP(=O)(O)OC[C@@H](O)COP(=O)(O)OC[C@@H](COC(=O)CCCCCCC)OC(=O)CCCCCCCCCCC. The van der Waals surface area contributed by atoms with E-state index in [1.54, 1.807) is 0 Å². The van der Waals surface area contributed by atoms with Crippen LogP contribution in [-0.2, 0) is 65.4 Å². The molecule has 3 N–H and O–H groups in total. The number of hydrogen-bond acceptors (Lipinski definition) is 15. The first-order valence-electron chi connectivity index (χ1n) is 34.1. The van der Waals surface area contributed by atoms with Crippen molar-refractivity contribution >= 4 is 39.5 Å². The molecule has 17 nitrogen and oxygen atoms in total. The summed E-state index contributed by atoms with van der Waals surface area (Å²) in [4.78, 5) is 71.9. The number of phosphoric ester groups is 2. The zero-order valence-corrected chi connectivity index (χ0v) is 55.8. The average Bonchev–Trinajstić information content (AvgIpc) is 3.49. The number of unbranched alkanes of at least 4 members (excludes halogenated alkanes) is 37. The molecule has 498 valence electrons. The predicted molar refractivity (Wildman–Crippen MR) is 335 cm³/mol. The lowest BCUT2D eigenvalue weighted by atomic mass is 10.0. The quantitative estimate of drug-likeness (QED) is 0.0222. The zero-order chi connectivity index (χ0) is 62.0. The number of esters is 4. The van der Waals surface area contributed by atoms with Gasteiger partial charge in [0.15, 0.2) is 12.2 Å². The third-order valence-corrected chi connectivity index (χ3v) is 16.9. The Morgan fingerprint density at radius 2 is 0.548 bits per heavy atom. The molecule has 0 aromatic rings. The topological polar surface area (TPSA) is 237 Å². The highest BCUT2D eigenvalue weighted by molar-refractivity contribution is 7.47. The van der Waals surface area contributed by atoms with E-state index < -0.39 is 97.5 Å². The van der Waals surface area contributed by atoms with E-state index in [4.69, 9.17) is 37.0 Å². The number of rotatable bonds is 65. The minimum Gasteiger partial charge on any atom is -0.462 e. The summed E-state index contributed by atoms with van der Waals surface area (Å²) in [6, 6.07) is 0. The van der Waals surface area contributed by atoms with Crippen molar-refractivity contribution in [2.45, 2.75) is 348 Å². The number of hydrogen-bond donors (Lipinski definition) is 3. The molecule has 0 saturated heterocycles. The van der Waals surface area contributed by atoms with E-state index in [1.165, 1.54) is 141 Å². The van der Waals surface area contributed by atoms with Crippen molar-refractivity contribution in [1.29, 1.82) is 0 Å². The fourth-order valence-corrected chi connectivity index (χ4v) is 11.3. The Hall–Kier alpha value is -1.94. The van der Waals surface area contributed by atoms with Crippen molar-refractivity contribution in [2.75, 3.05) is 39.6 Å². The van der Waals surface area contributed by atoms with Gasteiger partial charge in [0.2, 0.25) is 0 Å². The molecule has 0 rings (SSSR count). The van der Waals surface area contributed by atoms with Gasteiger partial charge < -0.3 is 33.8 Å². The standard InChI is InChI=1S/C65H126O17P2/c1-6-9-12-15-17-19-20-21-22-23-24-25-26-27-28-29-31-35-41-46-51-65(70)82-61(55-76-63(68)49-44-39-36-32-33-38-42-47-58(4)5)57-80-84(73,74)78-53-59(66)52-77-83(71,72)79-56-60(54-75-62(67)48-43-37-14-11-8-3)81-64(69)50-45-40-34-30-18-16-13-10-7-2/h58-61,66H,6-57H2,1-5H3,(H,71,72)(H,73,74)/t59-,60+,61+/m0/s1. The highest BCUT2D eigenvalue weighted by Crippen LogP contribution is 2.45. The van der Waals surface area contributed by atoms with Gasteiger partial charge in [-0.05, 0) is 31.6 Å². The summed E-state index contributed by atoms with van der Waals surface area (Å²) < 4.78 is 67.8. The second kappa shape index (κ2) is 58.7. The number of phosphoric acid groups is 2. The van der Waals surface area contributed by atoms with Crippen molar-refractivity contribution in [3.05, 3.63) is 0 Å². The van der Waals surface area contributed by atoms with E-state index in [0.717, 1.165) is 103 Å². The molecule has 0 radical (unpaired) electrons. The van der Waals surface area contributed by atoms with E-state index in [1.807, 2.05) is 0 Å². The first kappa shape index (κ1) is 82.1. The number of ether oxygens (including phenoxy) is 4. The van der Waals surface area contributed by atoms with Crippen LogP contribution in [0.1, 0.15) is 330 Å². The highest BCUT2D eigenvalue weighted by Gasteiger charge is 2.30. The molecule has 0 aliphatic rings. The minimum atomic E-state index is -4.94. The lowest BCUT2D eigenvalue weighted by molar-refractivity contribution is -0.161. The Balaban J connectivity index is 5.08. The molecule has 5 atom stereocenters. The van der Waals surface area contributed by atoms with E-state index >= 15 is 0 Å². The number of aliphatic hydroxyl groups is 1. The third kappa shape index (κ3) is 59.0. The molecule has 84 heavy (non-hydrogen) atoms. The van der Waals surface area contributed by atoms with Gasteiger partial charge in [-0.25, -0.2) is 9.13 Å². The largest absolute Gasteiger partial charge is 0.472 e. The molecule has 0 fully saturated rings. The molecular formula is C65H126O17P2. The van der Waals surface area contributed by atoms with Crippen LogP contribution in [0.4, 0.5) is 0 Å². The van der Waals surface area contributed by atoms with Crippen LogP contribution < -0.4 is 0 Å². The maximum Gasteiger partial charge on any atom is 0.472 e. The van der Waals surface area contributed by atoms with E-state index in [2.05, 4.69) is 34.6 Å². The smallest absolute Gasteiger partial charge is 0.462 e. The van der Waals surface area contributed by atoms with Crippen LogP contribution in [0.3, 0.4) is 0 Å². The van der Waals surface area contributed by atoms with Crippen LogP contribution in [0.25, 0.3) is 0 Å². The van der Waals surface area contributed by atoms with Gasteiger partial charge in [0.1, 0.15) is 19.3 Å². The van der Waals surface area contributed by atoms with Gasteiger partial charge in [-0.1, -0.05) is 279 Å². The highest BCUT2D eigenvalue weighted by atomic mass is 31.2. The summed E-state index contributed by atoms with van der Waals surface area (Å²) in [5.41, 5.74) is 0. The van der Waals surface area contributed by atoms with Crippen LogP contribution in [0.15, 0.2) is 0 Å². The van der Waals surface area contributed by atoms with Crippen molar-refractivity contribution in [3.8, 4) is 0 Å². The van der Waals surface area contributed by atoms with Crippen LogP contribution in [-0.4, -0.2) is 96.7 Å². The number of aliphatic hydroxyl groups excluding tert-OH is 1. The molecule has 0 aromatic heterocycles. The monoisotopic (exact) mass is 1240 g/mol. The molecule has 0 aliphatic heterocycles.